The fraction of sp³-hybridized carbons (Fsp3) is 0.542. The first-order chi connectivity index (χ1) is 17.3. The molecule has 2 fully saturated rings. The Labute approximate surface area is 226 Å². The number of sulfonamides is 1. The quantitative estimate of drug-likeness (QED) is 0.550. The average Bonchev–Trinajstić information content (AvgIpc) is 3.09. The highest BCUT2D eigenvalue weighted by Crippen LogP contribution is 2.43. The number of benzene rings is 1. The molecule has 2 aromatic rings. The lowest BCUT2D eigenvalue weighted by atomic mass is 9.73. The van der Waals surface area contributed by atoms with Crippen molar-refractivity contribution in [1.82, 2.24) is 15.3 Å². The molecule has 3 heterocycles. The molecule has 1 aromatic heterocycles. The number of nitrogens with one attached hydrogen (secondary N) is 1. The van der Waals surface area contributed by atoms with Crippen LogP contribution in [0.2, 0.25) is 5.02 Å². The summed E-state index contributed by atoms with van der Waals surface area (Å²) in [6, 6.07) is 4.52. The van der Waals surface area contributed by atoms with Crippen LogP contribution in [0.3, 0.4) is 0 Å². The largest absolute Gasteiger partial charge is 0.444 e. The molecule has 2 saturated heterocycles. The Hall–Kier alpha value is -2.12. The first kappa shape index (κ1) is 27.9. The highest BCUT2D eigenvalue weighted by molar-refractivity contribution is 7.99. The molecule has 1 spiro atoms. The van der Waals surface area contributed by atoms with Gasteiger partial charge in [-0.1, -0.05) is 29.4 Å². The summed E-state index contributed by atoms with van der Waals surface area (Å²) in [6.45, 7) is 9.58. The van der Waals surface area contributed by atoms with Crippen LogP contribution in [0.4, 0.5) is 10.6 Å². The van der Waals surface area contributed by atoms with Crippen LogP contribution in [0.1, 0.15) is 40.5 Å². The molecule has 0 aliphatic carbocycles. The van der Waals surface area contributed by atoms with E-state index in [0.717, 1.165) is 31.7 Å². The Morgan fingerprint density at radius 1 is 1.27 bits per heavy atom. The molecule has 0 radical (unpaired) electrons. The third-order valence-electron chi connectivity index (χ3n) is 6.58. The number of piperidine rings is 1. The molecule has 2 atom stereocenters. The van der Waals surface area contributed by atoms with E-state index in [4.69, 9.17) is 26.2 Å². The number of alkyl carbamates (subject to hydrolysis) is 1. The van der Waals surface area contributed by atoms with Crippen LogP contribution >= 0.6 is 23.4 Å². The van der Waals surface area contributed by atoms with Crippen molar-refractivity contribution in [2.45, 2.75) is 73.1 Å². The van der Waals surface area contributed by atoms with Crippen LogP contribution in [-0.2, 0) is 19.5 Å². The summed E-state index contributed by atoms with van der Waals surface area (Å²) >= 11 is 7.47. The minimum absolute atomic E-state index is 0.0600. The summed E-state index contributed by atoms with van der Waals surface area (Å²) in [5.41, 5.74) is -0.732. The standard InChI is InChI=1S/C24H32ClN5O5S2/c1-15-21(29-22(31)35-23(2,3)4)24(14-34-15)8-10-30(11-9-24)18-12-28-19(13-27-18)36-16-6-5-7-17(20(16)25)37(26,32)33/h5-7,12-13,15,21H,8-11,14H2,1-4H3,(H,29,31)(H2,26,32,33)/t15-,21+/m0/s1. The second-order valence-corrected chi connectivity index (χ2v) is 13.4. The van der Waals surface area contributed by atoms with Crippen LogP contribution in [0, 0.1) is 5.41 Å². The van der Waals surface area contributed by atoms with Gasteiger partial charge in [0.15, 0.2) is 0 Å². The summed E-state index contributed by atoms with van der Waals surface area (Å²) in [4.78, 5) is 24.1. The number of halogens is 1. The van der Waals surface area contributed by atoms with Gasteiger partial charge in [0.2, 0.25) is 10.0 Å². The molecule has 0 bridgehead atoms. The summed E-state index contributed by atoms with van der Waals surface area (Å²) in [5, 5.41) is 8.93. The van der Waals surface area contributed by atoms with Gasteiger partial charge in [-0.3, -0.25) is 0 Å². The second-order valence-electron chi connectivity index (χ2n) is 10.4. The van der Waals surface area contributed by atoms with E-state index in [-0.39, 0.29) is 27.5 Å². The predicted molar refractivity (Wildman–Crippen MR) is 141 cm³/mol. The molecule has 1 amide bonds. The number of nitrogens with zero attached hydrogens (tertiary/aromatic N) is 3. The number of carbonyl (C=O) groups excluding carboxylic acids is 1. The van der Waals surface area contributed by atoms with Crippen molar-refractivity contribution in [3.63, 3.8) is 0 Å². The number of nitrogens with two attached hydrogens (primary N) is 1. The van der Waals surface area contributed by atoms with Crippen LogP contribution in [0.5, 0.6) is 0 Å². The zero-order valence-corrected chi connectivity index (χ0v) is 23.6. The molecule has 2 aliphatic rings. The molecule has 13 heteroatoms. The number of hydrogen-bond donors (Lipinski definition) is 2. The summed E-state index contributed by atoms with van der Waals surface area (Å²) in [7, 11) is -3.93. The number of carbonyl (C=O) groups is 1. The van der Waals surface area contributed by atoms with E-state index in [1.54, 1.807) is 24.5 Å². The summed E-state index contributed by atoms with van der Waals surface area (Å²) in [6.07, 6.45) is 4.46. The topological polar surface area (TPSA) is 137 Å². The minimum Gasteiger partial charge on any atom is -0.444 e. The number of ether oxygens (including phenoxy) is 2. The number of aromatic nitrogens is 2. The SMILES string of the molecule is C[C@@H]1OCC2(CCN(c3cnc(Sc4cccc(S(N)(=O)=O)c4Cl)cn3)CC2)[C@@H]1NC(=O)OC(C)(C)C. The van der Waals surface area contributed by atoms with Crippen molar-refractivity contribution >= 4 is 45.3 Å². The zero-order valence-electron chi connectivity index (χ0n) is 21.2. The Morgan fingerprint density at radius 3 is 2.57 bits per heavy atom. The minimum atomic E-state index is -3.93. The van der Waals surface area contributed by atoms with Crippen LogP contribution in [0.15, 0.2) is 45.4 Å². The number of anilines is 1. The van der Waals surface area contributed by atoms with Crippen molar-refractivity contribution in [2.24, 2.45) is 10.6 Å². The number of primary sulfonamides is 1. The summed E-state index contributed by atoms with van der Waals surface area (Å²) in [5.74, 6) is 0.743. The predicted octanol–water partition coefficient (Wildman–Crippen LogP) is 3.83. The second kappa shape index (κ2) is 10.6. The fourth-order valence-electron chi connectivity index (χ4n) is 4.75. The maximum atomic E-state index is 12.5. The molecule has 1 aromatic carbocycles. The highest BCUT2D eigenvalue weighted by Gasteiger charge is 2.50. The van der Waals surface area contributed by atoms with Crippen molar-refractivity contribution < 1.29 is 22.7 Å². The monoisotopic (exact) mass is 569 g/mol. The van der Waals surface area contributed by atoms with E-state index in [1.165, 1.54) is 17.8 Å². The molecule has 10 nitrogen and oxygen atoms in total. The Kier molecular flexibility index (Phi) is 7.97. The van der Waals surface area contributed by atoms with Gasteiger partial charge in [0.25, 0.3) is 0 Å². The van der Waals surface area contributed by atoms with E-state index in [2.05, 4.69) is 20.2 Å². The maximum Gasteiger partial charge on any atom is 0.407 e. The smallest absolute Gasteiger partial charge is 0.407 e. The van der Waals surface area contributed by atoms with Crippen molar-refractivity contribution in [2.75, 3.05) is 24.6 Å². The van der Waals surface area contributed by atoms with Gasteiger partial charge in [0.1, 0.15) is 21.3 Å². The van der Waals surface area contributed by atoms with Crippen molar-refractivity contribution in [3.05, 3.63) is 35.6 Å². The van der Waals surface area contributed by atoms with Gasteiger partial charge in [-0.25, -0.2) is 28.3 Å². The van der Waals surface area contributed by atoms with Crippen molar-refractivity contribution in [1.29, 1.82) is 0 Å². The maximum absolute atomic E-state index is 12.5. The molecule has 2 aliphatic heterocycles. The van der Waals surface area contributed by atoms with E-state index in [0.29, 0.717) is 16.5 Å². The number of amides is 1. The van der Waals surface area contributed by atoms with Gasteiger partial charge in [0, 0.05) is 23.4 Å². The zero-order chi connectivity index (χ0) is 27.0. The summed E-state index contributed by atoms with van der Waals surface area (Å²) < 4.78 is 34.9. The Bertz CT molecular complexity index is 1250. The molecule has 3 N–H and O–H groups in total. The molecule has 0 unspecified atom stereocenters. The van der Waals surface area contributed by atoms with Gasteiger partial charge in [-0.05, 0) is 52.7 Å². The average molecular weight is 570 g/mol. The van der Waals surface area contributed by atoms with E-state index < -0.39 is 21.7 Å². The van der Waals surface area contributed by atoms with Gasteiger partial charge < -0.3 is 19.7 Å². The number of rotatable bonds is 5. The molecule has 0 saturated carbocycles. The lowest BCUT2D eigenvalue weighted by Gasteiger charge is -2.42. The van der Waals surface area contributed by atoms with Gasteiger partial charge in [0.05, 0.1) is 36.2 Å². The molecular weight excluding hydrogens is 538 g/mol. The first-order valence-electron chi connectivity index (χ1n) is 11.9. The van der Waals surface area contributed by atoms with Gasteiger partial charge in [-0.15, -0.1) is 0 Å². The fourth-order valence-corrected chi connectivity index (χ4v) is 6.79. The number of hydrogen-bond acceptors (Lipinski definition) is 9. The molecule has 4 rings (SSSR count). The molecule has 37 heavy (non-hydrogen) atoms. The third-order valence-corrected chi connectivity index (χ3v) is 9.15. The van der Waals surface area contributed by atoms with Gasteiger partial charge in [-0.2, -0.15) is 0 Å². The third kappa shape index (κ3) is 6.48. The van der Waals surface area contributed by atoms with E-state index in [9.17, 15) is 13.2 Å². The van der Waals surface area contributed by atoms with Crippen LogP contribution in [0.25, 0.3) is 0 Å². The van der Waals surface area contributed by atoms with Crippen LogP contribution < -0.4 is 15.4 Å². The lowest BCUT2D eigenvalue weighted by Crippen LogP contribution is -2.55. The van der Waals surface area contributed by atoms with E-state index in [1.807, 2.05) is 27.7 Å². The molecule has 202 valence electrons. The van der Waals surface area contributed by atoms with E-state index >= 15 is 0 Å². The van der Waals surface area contributed by atoms with Crippen molar-refractivity contribution in [3.8, 4) is 0 Å². The molecular formula is C24H32ClN5O5S2. The Morgan fingerprint density at radius 2 is 1.97 bits per heavy atom. The first-order valence-corrected chi connectivity index (χ1v) is 14.7. The lowest BCUT2D eigenvalue weighted by molar-refractivity contribution is 0.0434. The Balaban J connectivity index is 1.40. The normalized spacial score (nSPS) is 21.7. The highest BCUT2D eigenvalue weighted by atomic mass is 35.5. The van der Waals surface area contributed by atoms with Gasteiger partial charge >= 0.3 is 6.09 Å². The van der Waals surface area contributed by atoms with Crippen LogP contribution in [-0.4, -0.2) is 61.9 Å².